The summed E-state index contributed by atoms with van der Waals surface area (Å²) in [6, 6.07) is 8.62. The van der Waals surface area contributed by atoms with Gasteiger partial charge in [0, 0.05) is 29.8 Å². The number of likely N-dealkylation sites (tertiary alicyclic amines) is 1. The van der Waals surface area contributed by atoms with Gasteiger partial charge in [-0.2, -0.15) is 0 Å². The molecule has 1 aliphatic rings. The van der Waals surface area contributed by atoms with Crippen molar-refractivity contribution in [2.24, 2.45) is 5.41 Å². The number of ether oxygens (including phenoxy) is 1. The number of nitrogens with zero attached hydrogens (tertiary/aromatic N) is 2. The summed E-state index contributed by atoms with van der Waals surface area (Å²) in [5.74, 6) is 4.98. The molecule has 2 heterocycles. The first-order valence-corrected chi connectivity index (χ1v) is 12.3. The van der Waals surface area contributed by atoms with Crippen molar-refractivity contribution in [3.05, 3.63) is 70.4 Å². The van der Waals surface area contributed by atoms with Crippen LogP contribution in [0.4, 0.5) is 13.2 Å². The van der Waals surface area contributed by atoms with Gasteiger partial charge in [-0.15, -0.1) is 0 Å². The predicted octanol–water partition coefficient (Wildman–Crippen LogP) is 6.09. The summed E-state index contributed by atoms with van der Waals surface area (Å²) in [7, 11) is 1.55. The number of alkyl halides is 1. The quantitative estimate of drug-likeness (QED) is 0.386. The van der Waals surface area contributed by atoms with E-state index in [9.17, 15) is 13.9 Å². The molecule has 0 unspecified atom stereocenters. The number of methoxy groups -OCH3 is 1. The number of pyridine rings is 1. The Hall–Kier alpha value is -2.79. The van der Waals surface area contributed by atoms with Gasteiger partial charge in [0.2, 0.25) is 0 Å². The van der Waals surface area contributed by atoms with Gasteiger partial charge in [-0.25, -0.2) is 13.2 Å². The molecule has 3 aromatic rings. The molecule has 2 aromatic carbocycles. The first-order chi connectivity index (χ1) is 17.3. The van der Waals surface area contributed by atoms with E-state index < -0.39 is 17.8 Å². The molecule has 0 bridgehead atoms. The molecule has 1 fully saturated rings. The maximum atomic E-state index is 15.6. The Morgan fingerprint density at radius 2 is 1.97 bits per heavy atom. The second-order valence-electron chi connectivity index (χ2n) is 9.27. The molecule has 0 radical (unpaired) electrons. The second-order valence-corrected chi connectivity index (χ2v) is 9.68. The van der Waals surface area contributed by atoms with Crippen molar-refractivity contribution in [2.45, 2.75) is 31.9 Å². The molecule has 36 heavy (non-hydrogen) atoms. The number of aliphatic hydroxyl groups excluding tert-OH is 1. The minimum absolute atomic E-state index is 0.0291. The zero-order chi connectivity index (χ0) is 25.7. The Balaban J connectivity index is 1.38. The third kappa shape index (κ3) is 5.95. The molecule has 1 aromatic heterocycles. The van der Waals surface area contributed by atoms with Gasteiger partial charge in [-0.05, 0) is 74.5 Å². The first kappa shape index (κ1) is 26.3. The average molecular weight is 517 g/mol. The van der Waals surface area contributed by atoms with Crippen LogP contribution in [0.5, 0.6) is 5.75 Å². The van der Waals surface area contributed by atoms with Crippen LogP contribution in [0.25, 0.3) is 10.9 Å². The Labute approximate surface area is 214 Å². The number of piperidine rings is 1. The summed E-state index contributed by atoms with van der Waals surface area (Å²) < 4.78 is 47.6. The smallest absolute Gasteiger partial charge is 0.141 e. The Bertz CT molecular complexity index is 1280. The molecule has 1 saturated heterocycles. The molecule has 0 aliphatic carbocycles. The van der Waals surface area contributed by atoms with E-state index in [4.69, 9.17) is 16.3 Å². The van der Waals surface area contributed by atoms with Crippen LogP contribution >= 0.6 is 11.6 Å². The van der Waals surface area contributed by atoms with Crippen molar-refractivity contribution in [3.8, 4) is 17.6 Å². The summed E-state index contributed by atoms with van der Waals surface area (Å²) in [6.07, 6.45) is 2.28. The van der Waals surface area contributed by atoms with Crippen LogP contribution < -0.4 is 4.74 Å². The van der Waals surface area contributed by atoms with Gasteiger partial charge in [0.1, 0.15) is 23.6 Å². The number of aromatic nitrogens is 1. The summed E-state index contributed by atoms with van der Waals surface area (Å²) in [5.41, 5.74) is 0.815. The lowest BCUT2D eigenvalue weighted by atomic mass is 9.74. The van der Waals surface area contributed by atoms with Crippen LogP contribution in [0.3, 0.4) is 0 Å². The van der Waals surface area contributed by atoms with E-state index in [1.54, 1.807) is 25.3 Å². The molecule has 1 N–H and O–H groups in total. The highest BCUT2D eigenvalue weighted by Gasteiger charge is 2.35. The number of benzene rings is 2. The van der Waals surface area contributed by atoms with Crippen molar-refractivity contribution < 1.29 is 23.0 Å². The highest BCUT2D eigenvalue weighted by molar-refractivity contribution is 6.32. The van der Waals surface area contributed by atoms with E-state index in [0.717, 1.165) is 6.07 Å². The van der Waals surface area contributed by atoms with Crippen molar-refractivity contribution in [3.63, 3.8) is 0 Å². The molecule has 1 aliphatic heterocycles. The zero-order valence-corrected chi connectivity index (χ0v) is 20.8. The average Bonchev–Trinajstić information content (AvgIpc) is 2.89. The molecular weight excluding hydrogens is 489 g/mol. The van der Waals surface area contributed by atoms with Gasteiger partial charge in [0.05, 0.1) is 29.8 Å². The van der Waals surface area contributed by atoms with Crippen LogP contribution in [0, 0.1) is 28.9 Å². The molecule has 0 amide bonds. The summed E-state index contributed by atoms with van der Waals surface area (Å²) in [4.78, 5) is 6.41. The molecule has 4 rings (SSSR count). The Morgan fingerprint density at radius 1 is 1.19 bits per heavy atom. The van der Waals surface area contributed by atoms with Crippen LogP contribution in [-0.4, -0.2) is 48.3 Å². The molecular formula is C28H28ClF3N2O2. The molecule has 0 saturated carbocycles. The van der Waals surface area contributed by atoms with Crippen LogP contribution in [0.15, 0.2) is 42.6 Å². The molecule has 1 atom stereocenters. The largest absolute Gasteiger partial charge is 0.497 e. The minimum atomic E-state index is -1.31. The van der Waals surface area contributed by atoms with Gasteiger partial charge in [0.15, 0.2) is 0 Å². The minimum Gasteiger partial charge on any atom is -0.497 e. The number of hydrogen-bond donors (Lipinski definition) is 1. The summed E-state index contributed by atoms with van der Waals surface area (Å²) in [6.45, 7) is 1.78. The molecule has 4 nitrogen and oxygen atoms in total. The number of aliphatic hydroxyl groups is 1. The fourth-order valence-electron chi connectivity index (χ4n) is 4.70. The lowest BCUT2D eigenvalue weighted by molar-refractivity contribution is 0.0344. The number of rotatable bonds is 7. The molecule has 190 valence electrons. The van der Waals surface area contributed by atoms with E-state index >= 15 is 4.39 Å². The van der Waals surface area contributed by atoms with Crippen LogP contribution in [-0.2, 0) is 0 Å². The van der Waals surface area contributed by atoms with E-state index in [1.165, 1.54) is 18.3 Å². The van der Waals surface area contributed by atoms with E-state index in [1.807, 2.05) is 0 Å². The molecule has 0 spiro atoms. The van der Waals surface area contributed by atoms with Gasteiger partial charge >= 0.3 is 0 Å². The highest BCUT2D eigenvalue weighted by atomic mass is 35.5. The highest BCUT2D eigenvalue weighted by Crippen LogP contribution is 2.41. The second kappa shape index (κ2) is 11.5. The van der Waals surface area contributed by atoms with Crippen molar-refractivity contribution in [1.82, 2.24) is 9.88 Å². The Morgan fingerprint density at radius 3 is 2.67 bits per heavy atom. The SMILES string of the molecule is COc1ccc2ncc(Cl)c([C@@H](F)CCC3(CO)CCN(CC#Cc4ccc(F)cc4F)CC3)c2c1. The van der Waals surface area contributed by atoms with E-state index in [2.05, 4.69) is 21.7 Å². The third-order valence-electron chi connectivity index (χ3n) is 7.02. The van der Waals surface area contributed by atoms with E-state index in [-0.39, 0.29) is 29.0 Å². The monoisotopic (exact) mass is 516 g/mol. The Kier molecular flexibility index (Phi) is 8.40. The third-order valence-corrected chi connectivity index (χ3v) is 7.32. The normalized spacial score (nSPS) is 16.4. The summed E-state index contributed by atoms with van der Waals surface area (Å²) >= 11 is 6.36. The van der Waals surface area contributed by atoms with Crippen LogP contribution in [0.2, 0.25) is 5.02 Å². The van der Waals surface area contributed by atoms with Gasteiger partial charge in [-0.1, -0.05) is 23.4 Å². The maximum absolute atomic E-state index is 15.6. The first-order valence-electron chi connectivity index (χ1n) is 11.9. The fourth-order valence-corrected chi connectivity index (χ4v) is 4.97. The lowest BCUT2D eigenvalue weighted by Crippen LogP contribution is -2.42. The van der Waals surface area contributed by atoms with Gasteiger partial charge in [0.25, 0.3) is 0 Å². The predicted molar refractivity (Wildman–Crippen MR) is 135 cm³/mol. The zero-order valence-electron chi connectivity index (χ0n) is 20.0. The number of halogens is 4. The van der Waals surface area contributed by atoms with Crippen molar-refractivity contribution in [1.29, 1.82) is 0 Å². The van der Waals surface area contributed by atoms with Crippen molar-refractivity contribution in [2.75, 3.05) is 33.4 Å². The van der Waals surface area contributed by atoms with Crippen LogP contribution in [0.1, 0.15) is 43.0 Å². The molecule has 8 heteroatoms. The van der Waals surface area contributed by atoms with Crippen molar-refractivity contribution >= 4 is 22.5 Å². The maximum Gasteiger partial charge on any atom is 0.141 e. The number of fused-ring (bicyclic) bond motifs is 1. The lowest BCUT2D eigenvalue weighted by Gasteiger charge is -2.40. The van der Waals surface area contributed by atoms with E-state index in [0.29, 0.717) is 61.1 Å². The van der Waals surface area contributed by atoms with Gasteiger partial charge in [-0.3, -0.25) is 9.88 Å². The fraction of sp³-hybridized carbons (Fsp3) is 0.393. The summed E-state index contributed by atoms with van der Waals surface area (Å²) in [5, 5.41) is 11.1. The number of hydrogen-bond acceptors (Lipinski definition) is 4. The standard InChI is InChI=1S/C28H28ClF3N2O2/c1-36-21-6-7-26-22(16-21)27(23(29)17-33-26)24(31)8-9-28(18-35)10-13-34(14-11-28)12-2-3-19-4-5-20(30)15-25(19)32/h4-7,15-17,24,35H,8-14,18H2,1H3/t24-/m0/s1. The van der Waals surface area contributed by atoms with Gasteiger partial charge < -0.3 is 9.84 Å². The topological polar surface area (TPSA) is 45.6 Å².